The summed E-state index contributed by atoms with van der Waals surface area (Å²) in [5, 5.41) is 3.51. The average molecular weight is 679 g/mol. The number of carbonyl (C=O) groups excluding carboxylic acids is 3. The molecule has 48 heavy (non-hydrogen) atoms. The van der Waals surface area contributed by atoms with Crippen molar-refractivity contribution < 1.29 is 23.9 Å². The number of esters is 2. The van der Waals surface area contributed by atoms with Crippen molar-refractivity contribution >= 4 is 17.8 Å². The van der Waals surface area contributed by atoms with E-state index in [4.69, 9.17) is 9.47 Å². The van der Waals surface area contributed by atoms with Crippen molar-refractivity contribution in [2.24, 2.45) is 0 Å². The highest BCUT2D eigenvalue weighted by Crippen LogP contribution is 2.16. The number of amides is 1. The molecule has 282 valence electrons. The fraction of sp³-hybridized carbons (Fsp3) is 0.927. The second-order valence-corrected chi connectivity index (χ2v) is 14.4. The Morgan fingerprint density at radius 3 is 1.15 bits per heavy atom. The summed E-state index contributed by atoms with van der Waals surface area (Å²) in [5.41, 5.74) is 0. The first kappa shape index (κ1) is 44.4. The molecule has 1 rings (SSSR count). The third kappa shape index (κ3) is 27.2. The third-order valence-electron chi connectivity index (χ3n) is 9.84. The number of hydrazine groups is 1. The number of ether oxygens (including phenoxy) is 2. The molecule has 0 bridgehead atoms. The van der Waals surface area contributed by atoms with Crippen LogP contribution in [0.4, 0.5) is 0 Å². The summed E-state index contributed by atoms with van der Waals surface area (Å²) in [7, 11) is 0. The standard InChI is InChI=1S/C41H78N2O5/c1-3-5-7-9-11-13-15-17-19-21-23-25-27-29-37-47-40(45)32-35-42-34-31-39(44)43(42)36-33-41(46)48-38-30-28-26-24-22-20-18-16-14-12-10-8-6-4-2/h3-38H2,1-2H3. The van der Waals surface area contributed by atoms with Gasteiger partial charge in [0.05, 0.1) is 26.1 Å². The molecule has 0 aliphatic carbocycles. The molecule has 0 atom stereocenters. The van der Waals surface area contributed by atoms with Crippen LogP contribution in [0.1, 0.15) is 213 Å². The van der Waals surface area contributed by atoms with Crippen LogP contribution in [-0.4, -0.2) is 60.7 Å². The number of hydrogen-bond acceptors (Lipinski definition) is 6. The molecule has 0 unspecified atom stereocenters. The molecule has 0 aromatic heterocycles. The third-order valence-corrected chi connectivity index (χ3v) is 9.84. The van der Waals surface area contributed by atoms with Gasteiger partial charge in [-0.25, -0.2) is 5.01 Å². The van der Waals surface area contributed by atoms with Gasteiger partial charge in [0.1, 0.15) is 0 Å². The molecule has 0 aromatic rings. The van der Waals surface area contributed by atoms with Crippen LogP contribution in [0.5, 0.6) is 0 Å². The van der Waals surface area contributed by atoms with Gasteiger partial charge in [-0.1, -0.05) is 181 Å². The summed E-state index contributed by atoms with van der Waals surface area (Å²) >= 11 is 0. The minimum atomic E-state index is -0.253. The lowest BCUT2D eigenvalue weighted by Crippen LogP contribution is -2.41. The van der Waals surface area contributed by atoms with Crippen molar-refractivity contribution in [1.29, 1.82) is 0 Å². The molecule has 1 heterocycles. The lowest BCUT2D eigenvalue weighted by Gasteiger charge is -2.27. The molecule has 0 saturated carbocycles. The van der Waals surface area contributed by atoms with Crippen molar-refractivity contribution in [3.8, 4) is 0 Å². The average Bonchev–Trinajstić information content (AvgIpc) is 3.44. The zero-order valence-electron chi connectivity index (χ0n) is 31.9. The minimum Gasteiger partial charge on any atom is -0.466 e. The van der Waals surface area contributed by atoms with Crippen LogP contribution in [0.25, 0.3) is 0 Å². The highest BCUT2D eigenvalue weighted by atomic mass is 16.5. The van der Waals surface area contributed by atoms with Gasteiger partial charge in [0.25, 0.3) is 0 Å². The van der Waals surface area contributed by atoms with Crippen molar-refractivity contribution in [2.45, 2.75) is 213 Å². The molecule has 0 spiro atoms. The van der Waals surface area contributed by atoms with Crippen LogP contribution in [-0.2, 0) is 23.9 Å². The van der Waals surface area contributed by atoms with E-state index in [1.54, 1.807) is 5.01 Å². The Labute approximate surface area is 297 Å². The normalized spacial score (nSPS) is 13.5. The molecule has 1 amide bonds. The number of hydrogen-bond donors (Lipinski definition) is 0. The Balaban J connectivity index is 1.95. The Morgan fingerprint density at radius 2 is 0.792 bits per heavy atom. The van der Waals surface area contributed by atoms with Gasteiger partial charge in [0.2, 0.25) is 5.91 Å². The van der Waals surface area contributed by atoms with E-state index in [1.165, 1.54) is 154 Å². The van der Waals surface area contributed by atoms with Gasteiger partial charge in [-0.15, -0.1) is 0 Å². The number of nitrogens with zero attached hydrogens (tertiary/aromatic N) is 2. The largest absolute Gasteiger partial charge is 0.466 e. The predicted octanol–water partition coefficient (Wildman–Crippen LogP) is 11.3. The van der Waals surface area contributed by atoms with Crippen LogP contribution >= 0.6 is 0 Å². The Hall–Kier alpha value is -1.63. The van der Waals surface area contributed by atoms with Crippen molar-refractivity contribution in [1.82, 2.24) is 10.0 Å². The molecule has 1 saturated heterocycles. The van der Waals surface area contributed by atoms with E-state index < -0.39 is 0 Å². The van der Waals surface area contributed by atoms with E-state index >= 15 is 0 Å². The maximum absolute atomic E-state index is 12.4. The van der Waals surface area contributed by atoms with Gasteiger partial charge in [0, 0.05) is 26.1 Å². The van der Waals surface area contributed by atoms with Crippen LogP contribution in [0.2, 0.25) is 0 Å². The first-order valence-electron chi connectivity index (χ1n) is 20.9. The molecule has 0 radical (unpaired) electrons. The lowest BCUT2D eigenvalue weighted by atomic mass is 10.0. The summed E-state index contributed by atoms with van der Waals surface area (Å²) < 4.78 is 10.9. The van der Waals surface area contributed by atoms with Gasteiger partial charge in [-0.3, -0.25) is 19.4 Å². The monoisotopic (exact) mass is 679 g/mol. The van der Waals surface area contributed by atoms with E-state index in [0.29, 0.717) is 39.3 Å². The van der Waals surface area contributed by atoms with E-state index in [9.17, 15) is 14.4 Å². The van der Waals surface area contributed by atoms with Crippen molar-refractivity contribution in [3.63, 3.8) is 0 Å². The van der Waals surface area contributed by atoms with E-state index in [2.05, 4.69) is 13.8 Å². The summed E-state index contributed by atoms with van der Waals surface area (Å²) in [6.07, 6.45) is 37.3. The SMILES string of the molecule is CCCCCCCCCCCCCCCCOC(=O)CCN1CCC(=O)N1CCC(=O)OCCCCCCCCCCCCCCCC. The number of rotatable bonds is 36. The zero-order chi connectivity index (χ0) is 34.8. The minimum absolute atomic E-state index is 0.00514. The van der Waals surface area contributed by atoms with Crippen LogP contribution in [0.15, 0.2) is 0 Å². The Kier molecular flexibility index (Phi) is 31.3. The fourth-order valence-electron chi connectivity index (χ4n) is 6.66. The molecule has 7 nitrogen and oxygen atoms in total. The van der Waals surface area contributed by atoms with Gasteiger partial charge >= 0.3 is 11.9 Å². The number of carbonyl (C=O) groups is 3. The van der Waals surface area contributed by atoms with Crippen LogP contribution < -0.4 is 0 Å². The van der Waals surface area contributed by atoms with Gasteiger partial charge in [-0.2, -0.15) is 0 Å². The Morgan fingerprint density at radius 1 is 0.479 bits per heavy atom. The second-order valence-electron chi connectivity index (χ2n) is 14.4. The molecule has 7 heteroatoms. The summed E-state index contributed by atoms with van der Waals surface area (Å²) in [6.45, 7) is 6.81. The molecule has 0 aromatic carbocycles. The van der Waals surface area contributed by atoms with E-state index in [0.717, 1.165) is 25.7 Å². The van der Waals surface area contributed by atoms with Crippen LogP contribution in [0, 0.1) is 0 Å². The maximum Gasteiger partial charge on any atom is 0.307 e. The van der Waals surface area contributed by atoms with Gasteiger partial charge in [0.15, 0.2) is 0 Å². The topological polar surface area (TPSA) is 76.2 Å². The highest BCUT2D eigenvalue weighted by Gasteiger charge is 2.29. The first-order valence-corrected chi connectivity index (χ1v) is 20.9. The van der Waals surface area contributed by atoms with Crippen molar-refractivity contribution in [3.05, 3.63) is 0 Å². The van der Waals surface area contributed by atoms with Crippen molar-refractivity contribution in [2.75, 3.05) is 32.8 Å². The fourth-order valence-corrected chi connectivity index (χ4v) is 6.66. The first-order chi connectivity index (χ1) is 23.6. The number of unbranched alkanes of at least 4 members (excludes halogenated alkanes) is 26. The summed E-state index contributed by atoms with van der Waals surface area (Å²) in [5.74, 6) is -0.459. The second kappa shape index (κ2) is 33.8. The predicted molar refractivity (Wildman–Crippen MR) is 200 cm³/mol. The Bertz CT molecular complexity index is 761. The van der Waals surface area contributed by atoms with Gasteiger partial charge < -0.3 is 9.47 Å². The molecule has 1 aliphatic rings. The summed E-state index contributed by atoms with van der Waals surface area (Å²) in [4.78, 5) is 37.0. The molecule has 0 N–H and O–H groups in total. The maximum atomic E-state index is 12.4. The zero-order valence-corrected chi connectivity index (χ0v) is 31.9. The smallest absolute Gasteiger partial charge is 0.307 e. The van der Waals surface area contributed by atoms with Gasteiger partial charge in [-0.05, 0) is 12.8 Å². The van der Waals surface area contributed by atoms with E-state index in [1.807, 2.05) is 5.01 Å². The molecular weight excluding hydrogens is 600 g/mol. The van der Waals surface area contributed by atoms with E-state index in [-0.39, 0.29) is 30.7 Å². The van der Waals surface area contributed by atoms with Crippen LogP contribution in [0.3, 0.4) is 0 Å². The molecular formula is C41H78N2O5. The molecule has 1 fully saturated rings. The quantitative estimate of drug-likeness (QED) is 0.0485. The summed E-state index contributed by atoms with van der Waals surface area (Å²) in [6, 6.07) is 0. The lowest BCUT2D eigenvalue weighted by molar-refractivity contribution is -0.150. The highest BCUT2D eigenvalue weighted by molar-refractivity contribution is 5.78. The molecule has 1 aliphatic heterocycles.